The van der Waals surface area contributed by atoms with Gasteiger partial charge in [-0.2, -0.15) is 4.31 Å². The number of rotatable bonds is 8. The summed E-state index contributed by atoms with van der Waals surface area (Å²) in [5, 5.41) is 0. The topological polar surface area (TPSA) is 57.7 Å². The van der Waals surface area contributed by atoms with E-state index in [1.54, 1.807) is 18.2 Å². The number of benzene rings is 1. The fourth-order valence-corrected chi connectivity index (χ4v) is 3.51. The Morgan fingerprint density at radius 3 is 2.33 bits per heavy atom. The first-order chi connectivity index (χ1) is 9.78. The number of ketones is 1. The summed E-state index contributed by atoms with van der Waals surface area (Å²) >= 11 is 0. The van der Waals surface area contributed by atoms with Crippen molar-refractivity contribution in [3.05, 3.63) is 29.8 Å². The van der Waals surface area contributed by atoms with Crippen molar-refractivity contribution < 1.29 is 13.2 Å². The van der Waals surface area contributed by atoms with Crippen LogP contribution in [0.1, 0.15) is 30.6 Å². The van der Waals surface area contributed by atoms with E-state index in [-0.39, 0.29) is 10.7 Å². The summed E-state index contributed by atoms with van der Waals surface area (Å²) in [6, 6.07) is 6.24. The molecule has 0 aliphatic rings. The Kier molecular flexibility index (Phi) is 6.51. The summed E-state index contributed by atoms with van der Waals surface area (Å²) in [4.78, 5) is 13.6. The van der Waals surface area contributed by atoms with E-state index in [2.05, 4.69) is 0 Å². The maximum Gasteiger partial charge on any atom is 0.243 e. The van der Waals surface area contributed by atoms with Crippen molar-refractivity contribution in [1.82, 2.24) is 9.21 Å². The number of Topliss-reactive ketones (excluding diaryl/α,β-unsaturated/α-hetero) is 1. The maximum atomic E-state index is 12.7. The minimum atomic E-state index is -3.56. The quantitative estimate of drug-likeness (QED) is 0.687. The van der Waals surface area contributed by atoms with Crippen molar-refractivity contribution in [3.63, 3.8) is 0 Å². The van der Waals surface area contributed by atoms with Gasteiger partial charge in [0, 0.05) is 25.2 Å². The van der Waals surface area contributed by atoms with E-state index in [0.717, 1.165) is 6.42 Å². The molecule has 0 N–H and O–H groups in total. The van der Waals surface area contributed by atoms with E-state index in [9.17, 15) is 13.2 Å². The molecule has 1 aromatic rings. The van der Waals surface area contributed by atoms with Gasteiger partial charge in [-0.3, -0.25) is 4.79 Å². The molecule has 0 amide bonds. The van der Waals surface area contributed by atoms with Gasteiger partial charge < -0.3 is 4.90 Å². The van der Waals surface area contributed by atoms with E-state index in [1.807, 2.05) is 25.9 Å². The first-order valence-corrected chi connectivity index (χ1v) is 8.49. The summed E-state index contributed by atoms with van der Waals surface area (Å²) in [5.41, 5.74) is 0.417. The van der Waals surface area contributed by atoms with Gasteiger partial charge in [-0.05, 0) is 39.6 Å². The van der Waals surface area contributed by atoms with E-state index < -0.39 is 10.0 Å². The lowest BCUT2D eigenvalue weighted by molar-refractivity contribution is 0.101. The molecule has 0 aliphatic heterocycles. The standard InChI is InChI=1S/C15H24N2O3S/c1-5-9-17(11-10-16(3)4)21(19,20)15-8-6-7-14(12-15)13(2)18/h6-8,12H,5,9-11H2,1-4H3. The number of likely N-dealkylation sites (N-methyl/N-ethyl adjacent to an activating group) is 1. The Balaban J connectivity index is 3.10. The van der Waals surface area contributed by atoms with Gasteiger partial charge in [-0.15, -0.1) is 0 Å². The molecule has 0 saturated carbocycles. The van der Waals surface area contributed by atoms with Crippen molar-refractivity contribution in [3.8, 4) is 0 Å². The molecule has 1 aromatic carbocycles. The van der Waals surface area contributed by atoms with Gasteiger partial charge in [-0.25, -0.2) is 8.42 Å². The van der Waals surface area contributed by atoms with E-state index in [0.29, 0.717) is 25.2 Å². The fourth-order valence-electron chi connectivity index (χ4n) is 1.94. The lowest BCUT2D eigenvalue weighted by Gasteiger charge is -2.23. The molecule has 118 valence electrons. The molecule has 0 spiro atoms. The number of sulfonamides is 1. The zero-order chi connectivity index (χ0) is 16.0. The van der Waals surface area contributed by atoms with Crippen LogP contribution < -0.4 is 0 Å². The number of nitrogens with zero attached hydrogens (tertiary/aromatic N) is 2. The van der Waals surface area contributed by atoms with Crippen molar-refractivity contribution in [1.29, 1.82) is 0 Å². The van der Waals surface area contributed by atoms with Gasteiger partial charge in [-0.1, -0.05) is 19.1 Å². The average molecular weight is 312 g/mol. The molecule has 0 aliphatic carbocycles. The van der Waals surface area contributed by atoms with Gasteiger partial charge in [0.2, 0.25) is 10.0 Å². The van der Waals surface area contributed by atoms with Crippen LogP contribution in [0.4, 0.5) is 0 Å². The average Bonchev–Trinajstić information content (AvgIpc) is 2.43. The smallest absolute Gasteiger partial charge is 0.243 e. The number of carbonyl (C=O) groups is 1. The van der Waals surface area contributed by atoms with Crippen LogP contribution in [-0.2, 0) is 10.0 Å². The molecule has 0 aromatic heterocycles. The van der Waals surface area contributed by atoms with Crippen molar-refractivity contribution in [2.45, 2.75) is 25.2 Å². The highest BCUT2D eigenvalue weighted by Gasteiger charge is 2.24. The molecule has 1 rings (SSSR count). The predicted octanol–water partition coefficient (Wildman–Crippen LogP) is 1.85. The highest BCUT2D eigenvalue weighted by molar-refractivity contribution is 7.89. The lowest BCUT2D eigenvalue weighted by atomic mass is 10.2. The normalized spacial score (nSPS) is 12.1. The zero-order valence-electron chi connectivity index (χ0n) is 13.2. The third-order valence-corrected chi connectivity index (χ3v) is 5.04. The number of hydrogen-bond acceptors (Lipinski definition) is 4. The minimum absolute atomic E-state index is 0.137. The van der Waals surface area contributed by atoms with Crippen LogP contribution in [0.5, 0.6) is 0 Å². The van der Waals surface area contributed by atoms with Gasteiger partial charge >= 0.3 is 0 Å². The Hall–Kier alpha value is -1.24. The van der Waals surface area contributed by atoms with Gasteiger partial charge in [0.05, 0.1) is 4.90 Å². The molecule has 0 unspecified atom stereocenters. The summed E-state index contributed by atoms with van der Waals surface area (Å²) < 4.78 is 26.9. The van der Waals surface area contributed by atoms with Crippen molar-refractivity contribution in [2.75, 3.05) is 33.7 Å². The Morgan fingerprint density at radius 1 is 1.14 bits per heavy atom. The third kappa shape index (κ3) is 4.91. The molecule has 0 fully saturated rings. The maximum absolute atomic E-state index is 12.7. The van der Waals surface area contributed by atoms with Crippen LogP contribution in [0, 0.1) is 0 Å². The number of hydrogen-bond donors (Lipinski definition) is 0. The van der Waals surface area contributed by atoms with E-state index in [4.69, 9.17) is 0 Å². The Morgan fingerprint density at radius 2 is 1.81 bits per heavy atom. The van der Waals surface area contributed by atoms with Crippen LogP contribution in [0.15, 0.2) is 29.2 Å². The van der Waals surface area contributed by atoms with Gasteiger partial charge in [0.25, 0.3) is 0 Å². The summed E-state index contributed by atoms with van der Waals surface area (Å²) in [6.07, 6.45) is 0.749. The Bertz CT molecular complexity index is 582. The second-order valence-corrected chi connectivity index (χ2v) is 7.23. The van der Waals surface area contributed by atoms with Crippen LogP contribution in [0.3, 0.4) is 0 Å². The first-order valence-electron chi connectivity index (χ1n) is 7.05. The highest BCUT2D eigenvalue weighted by atomic mass is 32.2. The first kappa shape index (κ1) is 17.8. The van der Waals surface area contributed by atoms with Gasteiger partial charge in [0.1, 0.15) is 0 Å². The van der Waals surface area contributed by atoms with Crippen LogP contribution in [0.2, 0.25) is 0 Å². The van der Waals surface area contributed by atoms with Crippen LogP contribution in [0.25, 0.3) is 0 Å². The molecule has 0 atom stereocenters. The number of carbonyl (C=O) groups excluding carboxylic acids is 1. The molecule has 0 bridgehead atoms. The van der Waals surface area contributed by atoms with Gasteiger partial charge in [0.15, 0.2) is 5.78 Å². The molecule has 21 heavy (non-hydrogen) atoms. The monoisotopic (exact) mass is 312 g/mol. The third-order valence-electron chi connectivity index (χ3n) is 3.15. The van der Waals surface area contributed by atoms with E-state index in [1.165, 1.54) is 17.3 Å². The fraction of sp³-hybridized carbons (Fsp3) is 0.533. The predicted molar refractivity (Wildman–Crippen MR) is 84.1 cm³/mol. The van der Waals surface area contributed by atoms with E-state index >= 15 is 0 Å². The van der Waals surface area contributed by atoms with Crippen LogP contribution >= 0.6 is 0 Å². The van der Waals surface area contributed by atoms with Crippen LogP contribution in [-0.4, -0.2) is 57.1 Å². The molecule has 0 saturated heterocycles. The molecule has 5 nitrogen and oxygen atoms in total. The second kappa shape index (κ2) is 7.68. The molecular weight excluding hydrogens is 288 g/mol. The SMILES string of the molecule is CCCN(CCN(C)C)S(=O)(=O)c1cccc(C(C)=O)c1. The largest absolute Gasteiger partial charge is 0.308 e. The molecular formula is C15H24N2O3S. The molecule has 0 radical (unpaired) electrons. The summed E-state index contributed by atoms with van der Waals surface area (Å²) in [5.74, 6) is -0.137. The minimum Gasteiger partial charge on any atom is -0.308 e. The summed E-state index contributed by atoms with van der Waals surface area (Å²) in [7, 11) is 0.259. The second-order valence-electron chi connectivity index (χ2n) is 5.29. The highest BCUT2D eigenvalue weighted by Crippen LogP contribution is 2.17. The Labute approximate surface area is 127 Å². The summed E-state index contributed by atoms with van der Waals surface area (Å²) in [6.45, 7) is 4.95. The molecule has 0 heterocycles. The molecule has 6 heteroatoms. The lowest BCUT2D eigenvalue weighted by Crippen LogP contribution is -2.37. The zero-order valence-corrected chi connectivity index (χ0v) is 14.0. The van der Waals surface area contributed by atoms with Crippen molar-refractivity contribution in [2.24, 2.45) is 0 Å². The van der Waals surface area contributed by atoms with Crippen molar-refractivity contribution >= 4 is 15.8 Å².